The molecule has 1 saturated heterocycles. The van der Waals surface area contributed by atoms with E-state index in [2.05, 4.69) is 98.5 Å². The number of ether oxygens (including phenoxy) is 1. The molecule has 2 unspecified atom stereocenters. The van der Waals surface area contributed by atoms with Crippen LogP contribution < -0.4 is 4.74 Å². The molecule has 3 aromatic carbocycles. The molecule has 3 aromatic rings. The monoisotopic (exact) mass is 499 g/mol. The van der Waals surface area contributed by atoms with Crippen molar-refractivity contribution in [3.63, 3.8) is 0 Å². The van der Waals surface area contributed by atoms with Crippen molar-refractivity contribution >= 4 is 0 Å². The number of hydrogen-bond acceptors (Lipinski definition) is 3. The van der Waals surface area contributed by atoms with E-state index in [4.69, 9.17) is 4.74 Å². The van der Waals surface area contributed by atoms with Crippen LogP contribution in [0.25, 0.3) is 0 Å². The summed E-state index contributed by atoms with van der Waals surface area (Å²) in [5.41, 5.74) is 5.02. The van der Waals surface area contributed by atoms with E-state index in [0.29, 0.717) is 6.61 Å². The highest BCUT2D eigenvalue weighted by molar-refractivity contribution is 5.43. The van der Waals surface area contributed by atoms with Crippen LogP contribution in [0.5, 0.6) is 5.75 Å². The van der Waals surface area contributed by atoms with E-state index in [1.807, 2.05) is 6.07 Å². The van der Waals surface area contributed by atoms with E-state index in [9.17, 15) is 5.11 Å². The number of aliphatic hydroxyl groups excluding tert-OH is 1. The summed E-state index contributed by atoms with van der Waals surface area (Å²) in [5.74, 6) is 0.957. The molecule has 1 aliphatic rings. The van der Waals surface area contributed by atoms with Crippen LogP contribution in [-0.4, -0.2) is 29.2 Å². The van der Waals surface area contributed by atoms with Crippen LogP contribution in [0, 0.1) is 0 Å². The van der Waals surface area contributed by atoms with Crippen LogP contribution in [0.4, 0.5) is 0 Å². The highest BCUT2D eigenvalue weighted by Crippen LogP contribution is 2.39. The number of hydrogen-bond donors (Lipinski definition) is 1. The molecule has 1 aliphatic heterocycles. The van der Waals surface area contributed by atoms with E-state index in [0.717, 1.165) is 42.9 Å². The molecule has 0 saturated carbocycles. The topological polar surface area (TPSA) is 32.7 Å². The number of benzene rings is 3. The van der Waals surface area contributed by atoms with Gasteiger partial charge in [0.05, 0.1) is 6.10 Å². The van der Waals surface area contributed by atoms with Crippen molar-refractivity contribution in [3.8, 4) is 5.75 Å². The lowest BCUT2D eigenvalue weighted by Gasteiger charge is -2.37. The Balaban J connectivity index is 1.57. The van der Waals surface area contributed by atoms with Crippen LogP contribution in [0.1, 0.15) is 87.5 Å². The maximum absolute atomic E-state index is 11.1. The molecule has 1 N–H and O–H groups in total. The summed E-state index contributed by atoms with van der Waals surface area (Å²) in [6, 6.07) is 27.8. The second-order valence-electron chi connectivity index (χ2n) is 11.4. The number of rotatable bonds is 12. The molecule has 198 valence electrons. The van der Waals surface area contributed by atoms with Crippen molar-refractivity contribution in [1.29, 1.82) is 0 Å². The molecule has 0 bridgehead atoms. The number of piperidine rings is 1. The zero-order chi connectivity index (χ0) is 26.1. The smallest absolute Gasteiger partial charge is 0.123 e. The molecule has 1 fully saturated rings. The van der Waals surface area contributed by atoms with Gasteiger partial charge in [-0.05, 0) is 41.0 Å². The van der Waals surface area contributed by atoms with E-state index in [-0.39, 0.29) is 17.4 Å². The van der Waals surface area contributed by atoms with Gasteiger partial charge in [-0.25, -0.2) is 0 Å². The Hall–Kier alpha value is -2.62. The van der Waals surface area contributed by atoms with Gasteiger partial charge in [-0.15, -0.1) is 0 Å². The molecule has 2 atom stereocenters. The maximum atomic E-state index is 11.1. The summed E-state index contributed by atoms with van der Waals surface area (Å²) < 4.78 is 6.53. The lowest BCUT2D eigenvalue weighted by Crippen LogP contribution is -2.41. The number of nitrogens with zero attached hydrogens (tertiary/aromatic N) is 1. The fourth-order valence-electron chi connectivity index (χ4n) is 5.56. The van der Waals surface area contributed by atoms with Crippen molar-refractivity contribution in [2.24, 2.45) is 0 Å². The minimum Gasteiger partial charge on any atom is -0.489 e. The predicted molar refractivity (Wildman–Crippen MR) is 154 cm³/mol. The first kappa shape index (κ1) is 27.4. The molecule has 0 spiro atoms. The third-order valence-corrected chi connectivity index (χ3v) is 8.00. The molecular formula is C34H45NO2. The SMILES string of the molecule is CCCCCCC(C)(C)c1ccc(C2CN(Cc3ccccc3)CCC2O)c(OCc2ccccc2)c1. The van der Waals surface area contributed by atoms with Gasteiger partial charge in [0.2, 0.25) is 0 Å². The zero-order valence-electron chi connectivity index (χ0n) is 23.0. The third kappa shape index (κ3) is 7.69. The molecular weight excluding hydrogens is 454 g/mol. The first-order valence-corrected chi connectivity index (χ1v) is 14.2. The lowest BCUT2D eigenvalue weighted by atomic mass is 9.78. The quantitative estimate of drug-likeness (QED) is 0.257. The fourth-order valence-corrected chi connectivity index (χ4v) is 5.56. The number of aliphatic hydroxyl groups is 1. The Morgan fingerprint density at radius 2 is 1.59 bits per heavy atom. The minimum atomic E-state index is -0.362. The molecule has 3 nitrogen and oxygen atoms in total. The van der Waals surface area contributed by atoms with E-state index in [1.165, 1.54) is 43.2 Å². The summed E-state index contributed by atoms with van der Waals surface area (Å²) in [4.78, 5) is 2.47. The first-order valence-electron chi connectivity index (χ1n) is 14.2. The minimum absolute atomic E-state index is 0.0324. The zero-order valence-corrected chi connectivity index (χ0v) is 23.0. The summed E-state index contributed by atoms with van der Waals surface area (Å²) in [6.07, 6.45) is 6.69. The highest BCUT2D eigenvalue weighted by Gasteiger charge is 2.32. The lowest BCUT2D eigenvalue weighted by molar-refractivity contribution is 0.0555. The summed E-state index contributed by atoms with van der Waals surface area (Å²) >= 11 is 0. The molecule has 1 heterocycles. The maximum Gasteiger partial charge on any atom is 0.123 e. The van der Waals surface area contributed by atoms with Gasteiger partial charge < -0.3 is 9.84 Å². The Kier molecular flexibility index (Phi) is 9.82. The van der Waals surface area contributed by atoms with Crippen molar-refractivity contribution in [3.05, 3.63) is 101 Å². The normalized spacial score (nSPS) is 18.6. The van der Waals surface area contributed by atoms with Gasteiger partial charge in [0.15, 0.2) is 0 Å². The van der Waals surface area contributed by atoms with E-state index >= 15 is 0 Å². The molecule has 4 rings (SSSR count). The van der Waals surface area contributed by atoms with Crippen LogP contribution in [-0.2, 0) is 18.6 Å². The largest absolute Gasteiger partial charge is 0.489 e. The Bertz CT molecular complexity index is 1080. The van der Waals surface area contributed by atoms with E-state index < -0.39 is 0 Å². The average Bonchev–Trinajstić information content (AvgIpc) is 2.92. The second kappa shape index (κ2) is 13.3. The molecule has 0 aromatic heterocycles. The van der Waals surface area contributed by atoms with Crippen LogP contribution in [0.2, 0.25) is 0 Å². The van der Waals surface area contributed by atoms with Gasteiger partial charge in [-0.1, -0.05) is 119 Å². The van der Waals surface area contributed by atoms with Gasteiger partial charge in [-0.3, -0.25) is 4.90 Å². The van der Waals surface area contributed by atoms with Gasteiger partial charge >= 0.3 is 0 Å². The van der Waals surface area contributed by atoms with Crippen molar-refractivity contribution < 1.29 is 9.84 Å². The second-order valence-corrected chi connectivity index (χ2v) is 11.4. The van der Waals surface area contributed by atoms with Crippen molar-refractivity contribution in [2.75, 3.05) is 13.1 Å². The van der Waals surface area contributed by atoms with E-state index in [1.54, 1.807) is 0 Å². The first-order chi connectivity index (χ1) is 18.0. The number of likely N-dealkylation sites (tertiary alicyclic amines) is 1. The molecule has 37 heavy (non-hydrogen) atoms. The van der Waals surface area contributed by atoms with Gasteiger partial charge in [0, 0.05) is 31.1 Å². The van der Waals surface area contributed by atoms with Gasteiger partial charge in [0.25, 0.3) is 0 Å². The third-order valence-electron chi connectivity index (χ3n) is 8.00. The molecule has 0 amide bonds. The molecule has 0 aliphatic carbocycles. The van der Waals surface area contributed by atoms with Gasteiger partial charge in [0.1, 0.15) is 12.4 Å². The van der Waals surface area contributed by atoms with Crippen LogP contribution in [0.3, 0.4) is 0 Å². The Labute approximate surface area is 224 Å². The number of unbranched alkanes of at least 4 members (excludes halogenated alkanes) is 3. The molecule has 0 radical (unpaired) electrons. The Morgan fingerprint density at radius 3 is 2.30 bits per heavy atom. The van der Waals surface area contributed by atoms with Crippen LogP contribution in [0.15, 0.2) is 78.9 Å². The van der Waals surface area contributed by atoms with Gasteiger partial charge in [-0.2, -0.15) is 0 Å². The summed E-state index contributed by atoms with van der Waals surface area (Å²) in [5, 5.41) is 11.1. The van der Waals surface area contributed by atoms with Crippen LogP contribution >= 0.6 is 0 Å². The highest BCUT2D eigenvalue weighted by atomic mass is 16.5. The Morgan fingerprint density at radius 1 is 0.892 bits per heavy atom. The standard InChI is InChI=1S/C34H45NO2/c1-4-5-6-13-21-34(2,3)29-18-19-30(33(23-29)37-26-28-16-11-8-12-17-28)31-25-35(22-20-32(31)36)24-27-14-9-7-10-15-27/h7-12,14-19,23,31-32,36H,4-6,13,20-22,24-26H2,1-3H3. The van der Waals surface area contributed by atoms with Crippen molar-refractivity contribution in [2.45, 2.75) is 89.9 Å². The predicted octanol–water partition coefficient (Wildman–Crippen LogP) is 7.86. The summed E-state index contributed by atoms with van der Waals surface area (Å²) in [6.45, 7) is 10.2. The average molecular weight is 500 g/mol. The molecule has 3 heteroatoms. The summed E-state index contributed by atoms with van der Waals surface area (Å²) in [7, 11) is 0. The fraction of sp³-hybridized carbons (Fsp3) is 0.471. The van der Waals surface area contributed by atoms with Crippen molar-refractivity contribution in [1.82, 2.24) is 4.90 Å².